The Balaban J connectivity index is 2.35. The Hall–Kier alpha value is -0.840. The molecule has 0 bridgehead atoms. The van der Waals surface area contributed by atoms with E-state index in [9.17, 15) is 8.78 Å². The van der Waals surface area contributed by atoms with E-state index < -0.39 is 17.4 Å². The van der Waals surface area contributed by atoms with Crippen molar-refractivity contribution in [1.82, 2.24) is 0 Å². The Bertz CT molecular complexity index is 597. The van der Waals surface area contributed by atoms with E-state index >= 15 is 0 Å². The number of rotatable bonds is 3. The predicted octanol–water partition coefficient (Wildman–Crippen LogP) is 5.96. The van der Waals surface area contributed by atoms with Crippen molar-refractivity contribution in [3.05, 3.63) is 57.6 Å². The van der Waals surface area contributed by atoms with E-state index in [0.29, 0.717) is 15.9 Å². The molecule has 0 aliphatic heterocycles. The highest BCUT2D eigenvalue weighted by molar-refractivity contribution is 9.08. The minimum Gasteiger partial charge on any atom is -0.451 e. The van der Waals surface area contributed by atoms with Gasteiger partial charge in [-0.15, -0.1) is 0 Å². The van der Waals surface area contributed by atoms with Gasteiger partial charge in [0, 0.05) is 11.4 Å². The van der Waals surface area contributed by atoms with Crippen LogP contribution in [0.4, 0.5) is 8.78 Å². The van der Waals surface area contributed by atoms with Crippen molar-refractivity contribution in [3.8, 4) is 11.5 Å². The van der Waals surface area contributed by atoms with E-state index in [1.54, 1.807) is 0 Å². The molecule has 0 amide bonds. The molecular formula is C13H7BrCl2F2O. The van der Waals surface area contributed by atoms with Crippen LogP contribution in [0.15, 0.2) is 30.3 Å². The summed E-state index contributed by atoms with van der Waals surface area (Å²) in [7, 11) is 0. The molecular weight excluding hydrogens is 361 g/mol. The summed E-state index contributed by atoms with van der Waals surface area (Å²) in [4.78, 5) is 0. The molecule has 0 radical (unpaired) electrons. The molecule has 19 heavy (non-hydrogen) atoms. The first-order valence-corrected chi connectivity index (χ1v) is 7.06. The molecule has 100 valence electrons. The monoisotopic (exact) mass is 366 g/mol. The van der Waals surface area contributed by atoms with Crippen LogP contribution in [0.3, 0.4) is 0 Å². The van der Waals surface area contributed by atoms with Gasteiger partial charge in [-0.2, -0.15) is 0 Å². The highest BCUT2D eigenvalue weighted by Gasteiger charge is 2.14. The maximum Gasteiger partial charge on any atom is 0.198 e. The van der Waals surface area contributed by atoms with Crippen LogP contribution in [-0.4, -0.2) is 0 Å². The van der Waals surface area contributed by atoms with Crippen LogP contribution in [0.2, 0.25) is 10.0 Å². The standard InChI is InChI=1S/C13H7BrCl2F2O/c14-6-7-3-11(17)13(12(18)4-7)19-8-1-2-9(15)10(16)5-8/h1-5H,6H2. The normalized spacial score (nSPS) is 10.6. The summed E-state index contributed by atoms with van der Waals surface area (Å²) < 4.78 is 32.6. The minimum atomic E-state index is -0.777. The lowest BCUT2D eigenvalue weighted by atomic mass is 10.2. The van der Waals surface area contributed by atoms with Gasteiger partial charge in [0.2, 0.25) is 0 Å². The average molecular weight is 368 g/mol. The Morgan fingerprint density at radius 1 is 1.00 bits per heavy atom. The summed E-state index contributed by atoms with van der Waals surface area (Å²) in [6, 6.07) is 6.75. The molecule has 0 spiro atoms. The predicted molar refractivity (Wildman–Crippen MR) is 75.5 cm³/mol. The summed E-state index contributed by atoms with van der Waals surface area (Å²) in [5, 5.41) is 0.940. The second-order valence-electron chi connectivity index (χ2n) is 3.70. The van der Waals surface area contributed by atoms with Crippen LogP contribution in [0.1, 0.15) is 5.56 Å². The molecule has 0 saturated heterocycles. The number of benzene rings is 2. The highest BCUT2D eigenvalue weighted by Crippen LogP contribution is 2.32. The molecule has 2 aromatic rings. The van der Waals surface area contributed by atoms with Crippen molar-refractivity contribution in [2.45, 2.75) is 5.33 Å². The van der Waals surface area contributed by atoms with Gasteiger partial charge in [0.05, 0.1) is 10.0 Å². The molecule has 0 unspecified atom stereocenters. The van der Waals surface area contributed by atoms with Gasteiger partial charge in [-0.1, -0.05) is 39.1 Å². The molecule has 0 fully saturated rings. The first-order valence-electron chi connectivity index (χ1n) is 5.18. The fourth-order valence-corrected chi connectivity index (χ4v) is 2.06. The second kappa shape index (κ2) is 6.07. The summed E-state index contributed by atoms with van der Waals surface area (Å²) in [6.45, 7) is 0. The van der Waals surface area contributed by atoms with Crippen LogP contribution in [0.5, 0.6) is 11.5 Å². The zero-order valence-corrected chi connectivity index (χ0v) is 12.5. The Morgan fingerprint density at radius 2 is 1.63 bits per heavy atom. The number of hydrogen-bond donors (Lipinski definition) is 0. The van der Waals surface area contributed by atoms with Gasteiger partial charge >= 0.3 is 0 Å². The molecule has 2 aromatic carbocycles. The average Bonchev–Trinajstić information content (AvgIpc) is 2.37. The number of ether oxygens (including phenoxy) is 1. The first kappa shape index (κ1) is 14.6. The maximum atomic E-state index is 13.7. The number of alkyl halides is 1. The molecule has 0 heterocycles. The molecule has 0 N–H and O–H groups in total. The first-order chi connectivity index (χ1) is 9.01. The number of hydrogen-bond acceptors (Lipinski definition) is 1. The molecule has 0 aliphatic carbocycles. The summed E-state index contributed by atoms with van der Waals surface area (Å²) in [5.74, 6) is -1.82. The van der Waals surface area contributed by atoms with Crippen molar-refractivity contribution in [2.24, 2.45) is 0 Å². The molecule has 0 aromatic heterocycles. The summed E-state index contributed by atoms with van der Waals surface area (Å²) in [5.41, 5.74) is 0.483. The van der Waals surface area contributed by atoms with Gasteiger partial charge < -0.3 is 4.74 Å². The largest absolute Gasteiger partial charge is 0.451 e. The fraction of sp³-hybridized carbons (Fsp3) is 0.0769. The number of halogens is 5. The second-order valence-corrected chi connectivity index (χ2v) is 5.08. The van der Waals surface area contributed by atoms with Crippen LogP contribution < -0.4 is 4.74 Å². The molecule has 2 rings (SSSR count). The van der Waals surface area contributed by atoms with Crippen molar-refractivity contribution in [3.63, 3.8) is 0 Å². The Labute approximate surface area is 127 Å². The van der Waals surface area contributed by atoms with E-state index in [0.717, 1.165) is 0 Å². The van der Waals surface area contributed by atoms with Gasteiger partial charge in [0.15, 0.2) is 17.4 Å². The third-order valence-electron chi connectivity index (χ3n) is 2.32. The summed E-state index contributed by atoms with van der Waals surface area (Å²) in [6.07, 6.45) is 0. The Morgan fingerprint density at radius 3 is 2.16 bits per heavy atom. The van der Waals surface area contributed by atoms with Crippen LogP contribution in [0.25, 0.3) is 0 Å². The van der Waals surface area contributed by atoms with Gasteiger partial charge in [0.1, 0.15) is 5.75 Å². The molecule has 0 aliphatic rings. The van der Waals surface area contributed by atoms with Gasteiger partial charge in [-0.25, -0.2) is 8.78 Å². The van der Waals surface area contributed by atoms with E-state index in [-0.39, 0.29) is 10.8 Å². The maximum absolute atomic E-state index is 13.7. The lowest BCUT2D eigenvalue weighted by Crippen LogP contribution is -1.94. The van der Waals surface area contributed by atoms with Crippen molar-refractivity contribution < 1.29 is 13.5 Å². The van der Waals surface area contributed by atoms with Crippen molar-refractivity contribution >= 4 is 39.1 Å². The van der Waals surface area contributed by atoms with Gasteiger partial charge in [-0.3, -0.25) is 0 Å². The summed E-state index contributed by atoms with van der Waals surface area (Å²) >= 11 is 14.7. The smallest absolute Gasteiger partial charge is 0.198 e. The third-order valence-corrected chi connectivity index (χ3v) is 3.71. The van der Waals surface area contributed by atoms with Crippen LogP contribution >= 0.6 is 39.1 Å². The molecule has 0 atom stereocenters. The molecule has 0 saturated carbocycles. The highest BCUT2D eigenvalue weighted by atomic mass is 79.9. The van der Waals surface area contributed by atoms with Gasteiger partial charge in [0.25, 0.3) is 0 Å². The molecule has 1 nitrogen and oxygen atoms in total. The van der Waals surface area contributed by atoms with E-state index in [1.807, 2.05) is 0 Å². The van der Waals surface area contributed by atoms with Crippen molar-refractivity contribution in [1.29, 1.82) is 0 Å². The van der Waals surface area contributed by atoms with Crippen LogP contribution in [0, 0.1) is 11.6 Å². The minimum absolute atomic E-state index is 0.207. The zero-order chi connectivity index (χ0) is 14.0. The quantitative estimate of drug-likeness (QED) is 0.608. The zero-order valence-electron chi connectivity index (χ0n) is 9.39. The molecule has 6 heteroatoms. The van der Waals surface area contributed by atoms with E-state index in [4.69, 9.17) is 27.9 Å². The van der Waals surface area contributed by atoms with E-state index in [1.165, 1.54) is 30.3 Å². The lowest BCUT2D eigenvalue weighted by Gasteiger charge is -2.09. The topological polar surface area (TPSA) is 9.23 Å². The van der Waals surface area contributed by atoms with Crippen molar-refractivity contribution in [2.75, 3.05) is 0 Å². The lowest BCUT2D eigenvalue weighted by molar-refractivity contribution is 0.407. The van der Waals surface area contributed by atoms with E-state index in [2.05, 4.69) is 15.9 Å². The SMILES string of the molecule is Fc1cc(CBr)cc(F)c1Oc1ccc(Cl)c(Cl)c1. The van der Waals surface area contributed by atoms with Gasteiger partial charge in [-0.05, 0) is 29.8 Å². The van der Waals surface area contributed by atoms with Crippen LogP contribution in [-0.2, 0) is 5.33 Å². The fourth-order valence-electron chi connectivity index (χ4n) is 1.45. The third kappa shape index (κ3) is 3.38. The Kier molecular flexibility index (Phi) is 4.66.